The molecular formula is C10H13BrO2. The van der Waals surface area contributed by atoms with Gasteiger partial charge in [-0.3, -0.25) is 0 Å². The number of methoxy groups -OCH3 is 1. The van der Waals surface area contributed by atoms with E-state index in [2.05, 4.69) is 15.9 Å². The van der Waals surface area contributed by atoms with Crippen molar-refractivity contribution in [3.63, 3.8) is 0 Å². The van der Waals surface area contributed by atoms with E-state index in [0.717, 1.165) is 21.3 Å². The van der Waals surface area contributed by atoms with Crippen molar-refractivity contribution in [2.75, 3.05) is 7.11 Å². The number of aliphatic hydroxyl groups is 1. The third-order valence-corrected chi connectivity index (χ3v) is 2.53. The highest BCUT2D eigenvalue weighted by molar-refractivity contribution is 9.10. The number of hydrogen-bond donors (Lipinski definition) is 1. The van der Waals surface area contributed by atoms with E-state index in [-0.39, 0.29) is 0 Å². The Morgan fingerprint density at radius 2 is 2.08 bits per heavy atom. The first-order chi connectivity index (χ1) is 6.06. The minimum absolute atomic E-state index is 0.444. The molecule has 0 aliphatic rings. The molecule has 0 radical (unpaired) electrons. The highest BCUT2D eigenvalue weighted by Crippen LogP contribution is 2.31. The maximum absolute atomic E-state index is 9.37. The van der Waals surface area contributed by atoms with Crippen LogP contribution in [-0.4, -0.2) is 12.2 Å². The minimum Gasteiger partial charge on any atom is -0.495 e. The van der Waals surface area contributed by atoms with E-state index in [1.54, 1.807) is 14.0 Å². The molecule has 2 nitrogen and oxygen atoms in total. The van der Waals surface area contributed by atoms with Gasteiger partial charge in [0.15, 0.2) is 0 Å². The first-order valence-electron chi connectivity index (χ1n) is 4.08. The lowest BCUT2D eigenvalue weighted by Crippen LogP contribution is -1.95. The molecule has 0 spiro atoms. The Bertz CT molecular complexity index is 285. The van der Waals surface area contributed by atoms with Gasteiger partial charge in [-0.1, -0.05) is 0 Å². The summed E-state index contributed by atoms with van der Waals surface area (Å²) in [5.74, 6) is 0.824. The molecule has 1 aromatic rings. The molecule has 0 bridgehead atoms. The van der Waals surface area contributed by atoms with E-state index >= 15 is 0 Å². The summed E-state index contributed by atoms with van der Waals surface area (Å²) >= 11 is 3.39. The van der Waals surface area contributed by atoms with Gasteiger partial charge in [0.05, 0.1) is 17.7 Å². The average molecular weight is 245 g/mol. The predicted molar refractivity (Wildman–Crippen MR) is 56.1 cm³/mol. The fourth-order valence-electron chi connectivity index (χ4n) is 1.26. The zero-order valence-corrected chi connectivity index (χ0v) is 9.55. The molecule has 1 aromatic carbocycles. The van der Waals surface area contributed by atoms with Crippen molar-refractivity contribution in [1.29, 1.82) is 0 Å². The SMILES string of the molecule is COc1c(C)cc(C(C)O)cc1Br. The maximum atomic E-state index is 9.37. The number of benzene rings is 1. The molecule has 0 aliphatic heterocycles. The van der Waals surface area contributed by atoms with Gasteiger partial charge in [-0.2, -0.15) is 0 Å². The van der Waals surface area contributed by atoms with Gasteiger partial charge in [0.25, 0.3) is 0 Å². The third kappa shape index (κ3) is 2.23. The molecule has 1 atom stereocenters. The highest BCUT2D eigenvalue weighted by Gasteiger charge is 2.08. The first kappa shape index (κ1) is 10.5. The van der Waals surface area contributed by atoms with Gasteiger partial charge < -0.3 is 9.84 Å². The van der Waals surface area contributed by atoms with Crippen molar-refractivity contribution in [3.8, 4) is 5.75 Å². The Labute approximate surface area is 86.7 Å². The summed E-state index contributed by atoms with van der Waals surface area (Å²) in [6, 6.07) is 3.80. The van der Waals surface area contributed by atoms with Crippen LogP contribution in [0.2, 0.25) is 0 Å². The van der Waals surface area contributed by atoms with Crippen LogP contribution in [0.3, 0.4) is 0 Å². The van der Waals surface area contributed by atoms with Crippen LogP contribution in [0.15, 0.2) is 16.6 Å². The Balaban J connectivity index is 3.20. The minimum atomic E-state index is -0.444. The molecule has 0 saturated heterocycles. The Morgan fingerprint density at radius 3 is 2.46 bits per heavy atom. The standard InChI is InChI=1S/C10H13BrO2/c1-6-4-8(7(2)12)5-9(11)10(6)13-3/h4-5,7,12H,1-3H3. The van der Waals surface area contributed by atoms with E-state index < -0.39 is 6.10 Å². The summed E-state index contributed by atoms with van der Waals surface area (Å²) in [4.78, 5) is 0. The predicted octanol–water partition coefficient (Wildman–Crippen LogP) is 2.82. The zero-order chi connectivity index (χ0) is 10.0. The average Bonchev–Trinajstić information content (AvgIpc) is 2.03. The van der Waals surface area contributed by atoms with Crippen molar-refractivity contribution in [1.82, 2.24) is 0 Å². The third-order valence-electron chi connectivity index (χ3n) is 1.94. The fourth-order valence-corrected chi connectivity index (χ4v) is 2.00. The van der Waals surface area contributed by atoms with Crippen LogP contribution in [0.5, 0.6) is 5.75 Å². The molecule has 1 N–H and O–H groups in total. The smallest absolute Gasteiger partial charge is 0.135 e. The monoisotopic (exact) mass is 244 g/mol. The van der Waals surface area contributed by atoms with E-state index in [1.807, 2.05) is 19.1 Å². The number of halogens is 1. The summed E-state index contributed by atoms with van der Waals surface area (Å²) in [5, 5.41) is 9.37. The van der Waals surface area contributed by atoms with Crippen molar-refractivity contribution < 1.29 is 9.84 Å². The van der Waals surface area contributed by atoms with Gasteiger partial charge in [0, 0.05) is 0 Å². The molecule has 0 aliphatic carbocycles. The van der Waals surface area contributed by atoms with Crippen molar-refractivity contribution in [3.05, 3.63) is 27.7 Å². The molecule has 0 saturated carbocycles. The van der Waals surface area contributed by atoms with Gasteiger partial charge in [-0.15, -0.1) is 0 Å². The largest absolute Gasteiger partial charge is 0.495 e. The van der Waals surface area contributed by atoms with Crippen molar-refractivity contribution in [2.24, 2.45) is 0 Å². The van der Waals surface area contributed by atoms with Crippen LogP contribution < -0.4 is 4.74 Å². The molecule has 1 unspecified atom stereocenters. The molecule has 3 heteroatoms. The van der Waals surface area contributed by atoms with Gasteiger partial charge in [-0.05, 0) is 53.0 Å². The van der Waals surface area contributed by atoms with E-state index in [9.17, 15) is 5.11 Å². The maximum Gasteiger partial charge on any atom is 0.135 e. The zero-order valence-electron chi connectivity index (χ0n) is 7.97. The van der Waals surface area contributed by atoms with E-state index in [4.69, 9.17) is 4.74 Å². The molecular weight excluding hydrogens is 232 g/mol. The van der Waals surface area contributed by atoms with Crippen LogP contribution in [0.4, 0.5) is 0 Å². The van der Waals surface area contributed by atoms with Crippen LogP contribution in [0.25, 0.3) is 0 Å². The molecule has 1 rings (SSSR count). The van der Waals surface area contributed by atoms with E-state index in [1.165, 1.54) is 0 Å². The summed E-state index contributed by atoms with van der Waals surface area (Å²) in [5.41, 5.74) is 1.91. The van der Waals surface area contributed by atoms with Gasteiger partial charge >= 0.3 is 0 Å². The Kier molecular flexibility index (Phi) is 3.33. The number of rotatable bonds is 2. The molecule has 72 valence electrons. The quantitative estimate of drug-likeness (QED) is 0.868. The lowest BCUT2D eigenvalue weighted by atomic mass is 10.1. The lowest BCUT2D eigenvalue weighted by Gasteiger charge is -2.11. The molecule has 0 fully saturated rings. The number of aliphatic hydroxyl groups excluding tert-OH is 1. The highest BCUT2D eigenvalue weighted by atomic mass is 79.9. The second kappa shape index (κ2) is 4.11. The number of hydrogen-bond acceptors (Lipinski definition) is 2. The van der Waals surface area contributed by atoms with Gasteiger partial charge in [0.1, 0.15) is 5.75 Å². The van der Waals surface area contributed by atoms with Crippen molar-refractivity contribution >= 4 is 15.9 Å². The van der Waals surface area contributed by atoms with Crippen LogP contribution in [0, 0.1) is 6.92 Å². The molecule has 0 heterocycles. The summed E-state index contributed by atoms with van der Waals surface area (Å²) in [6.07, 6.45) is -0.444. The normalized spacial score (nSPS) is 12.7. The summed E-state index contributed by atoms with van der Waals surface area (Å²) < 4.78 is 6.06. The van der Waals surface area contributed by atoms with E-state index in [0.29, 0.717) is 0 Å². The first-order valence-corrected chi connectivity index (χ1v) is 4.87. The topological polar surface area (TPSA) is 29.5 Å². The van der Waals surface area contributed by atoms with Crippen LogP contribution in [0.1, 0.15) is 24.2 Å². The Morgan fingerprint density at radius 1 is 1.46 bits per heavy atom. The second-order valence-corrected chi connectivity index (χ2v) is 3.88. The lowest BCUT2D eigenvalue weighted by molar-refractivity contribution is 0.199. The summed E-state index contributed by atoms with van der Waals surface area (Å²) in [7, 11) is 1.63. The Hall–Kier alpha value is -0.540. The molecule has 0 aromatic heterocycles. The number of aryl methyl sites for hydroxylation is 1. The fraction of sp³-hybridized carbons (Fsp3) is 0.400. The van der Waals surface area contributed by atoms with Gasteiger partial charge in [0.2, 0.25) is 0 Å². The summed E-state index contributed by atoms with van der Waals surface area (Å²) in [6.45, 7) is 3.70. The second-order valence-electron chi connectivity index (χ2n) is 3.03. The molecule has 0 amide bonds. The van der Waals surface area contributed by atoms with Crippen LogP contribution >= 0.6 is 15.9 Å². The molecule has 13 heavy (non-hydrogen) atoms. The van der Waals surface area contributed by atoms with Crippen molar-refractivity contribution in [2.45, 2.75) is 20.0 Å². The number of ether oxygens (including phenoxy) is 1. The van der Waals surface area contributed by atoms with Crippen LogP contribution in [-0.2, 0) is 0 Å². The van der Waals surface area contributed by atoms with Gasteiger partial charge in [-0.25, -0.2) is 0 Å².